The fourth-order valence-corrected chi connectivity index (χ4v) is 5.13. The Hall–Kier alpha value is -2.85. The number of nitrogens with one attached hydrogen (secondary N) is 2. The summed E-state index contributed by atoms with van der Waals surface area (Å²) in [6.45, 7) is 10.7. The van der Waals surface area contributed by atoms with Crippen molar-refractivity contribution in [2.45, 2.75) is 71.2 Å². The summed E-state index contributed by atoms with van der Waals surface area (Å²) in [5.41, 5.74) is 1.40. The van der Waals surface area contributed by atoms with Gasteiger partial charge in [-0.2, -0.15) is 0 Å². The number of ether oxygens (including phenoxy) is 1. The molecule has 1 heterocycles. The number of rotatable bonds is 10. The van der Waals surface area contributed by atoms with Gasteiger partial charge in [-0.1, -0.05) is 55.2 Å². The van der Waals surface area contributed by atoms with Crippen LogP contribution in [0.25, 0.3) is 0 Å². The minimum atomic E-state index is -0.819. The highest BCUT2D eigenvalue weighted by Crippen LogP contribution is 2.28. The Morgan fingerprint density at radius 3 is 2.43 bits per heavy atom. The van der Waals surface area contributed by atoms with E-state index in [1.807, 2.05) is 32.0 Å². The van der Waals surface area contributed by atoms with Crippen molar-refractivity contribution in [3.05, 3.63) is 63.6 Å². The van der Waals surface area contributed by atoms with Crippen LogP contribution in [0, 0.1) is 5.92 Å². The molecule has 11 heteroatoms. The number of aliphatic hydroxyl groups excluding tert-OH is 1. The van der Waals surface area contributed by atoms with Crippen molar-refractivity contribution in [3.8, 4) is 0 Å². The fraction of sp³-hybridized carbons (Fsp3) is 0.516. The number of halogens is 2. The Morgan fingerprint density at radius 1 is 1.12 bits per heavy atom. The number of aliphatic hydroxyl groups is 1. The van der Waals surface area contributed by atoms with Crippen molar-refractivity contribution in [3.63, 3.8) is 0 Å². The van der Waals surface area contributed by atoms with E-state index in [9.17, 15) is 19.5 Å². The van der Waals surface area contributed by atoms with Crippen molar-refractivity contribution in [1.29, 1.82) is 0 Å². The number of hydrogen-bond acceptors (Lipinski definition) is 6. The first-order valence-corrected chi connectivity index (χ1v) is 14.9. The number of β-amino-alcohol motifs (C(OH)–C–C–N with tert-alkyl or cyclic N) is 1. The second-order valence-electron chi connectivity index (χ2n) is 12.1. The lowest BCUT2D eigenvalue weighted by Crippen LogP contribution is -2.48. The Morgan fingerprint density at radius 2 is 1.83 bits per heavy atom. The lowest BCUT2D eigenvalue weighted by atomic mass is 10.0. The molecule has 0 spiro atoms. The van der Waals surface area contributed by atoms with Crippen LogP contribution in [0.3, 0.4) is 0 Å². The molecule has 3 rings (SSSR count). The van der Waals surface area contributed by atoms with Crippen molar-refractivity contribution >= 4 is 46.8 Å². The fourth-order valence-electron chi connectivity index (χ4n) is 4.81. The third-order valence-corrected chi connectivity index (χ3v) is 7.78. The monoisotopic (exact) mass is 620 g/mol. The number of alkyl carbamates (subject to hydrolysis) is 1. The number of likely N-dealkylation sites (tertiary alicyclic amines) is 1. The van der Waals surface area contributed by atoms with Gasteiger partial charge in [-0.05, 0) is 68.5 Å². The normalized spacial score (nSPS) is 17.0. The number of hydrogen-bond donors (Lipinski definition) is 3. The molecular formula is C31H42Cl2N4O5. The van der Waals surface area contributed by atoms with E-state index in [0.717, 1.165) is 17.7 Å². The molecule has 0 bridgehead atoms. The van der Waals surface area contributed by atoms with Crippen molar-refractivity contribution in [2.24, 2.45) is 5.92 Å². The van der Waals surface area contributed by atoms with Crippen molar-refractivity contribution in [1.82, 2.24) is 15.1 Å². The topological polar surface area (TPSA) is 111 Å². The second kappa shape index (κ2) is 14.6. The number of anilines is 1. The number of likely N-dealkylation sites (N-methyl/N-ethyl adjacent to an activating group) is 1. The molecular weight excluding hydrogens is 579 g/mol. The van der Waals surface area contributed by atoms with Crippen molar-refractivity contribution < 1.29 is 24.2 Å². The molecule has 2 aromatic carbocycles. The zero-order valence-electron chi connectivity index (χ0n) is 25.1. The van der Waals surface area contributed by atoms with Gasteiger partial charge in [-0.25, -0.2) is 4.79 Å². The van der Waals surface area contributed by atoms with Gasteiger partial charge in [0.15, 0.2) is 0 Å². The van der Waals surface area contributed by atoms with Crippen LogP contribution in [0.2, 0.25) is 10.0 Å². The molecule has 3 unspecified atom stereocenters. The van der Waals surface area contributed by atoms with Crippen LogP contribution >= 0.6 is 23.2 Å². The Bertz CT molecular complexity index is 1270. The van der Waals surface area contributed by atoms with Gasteiger partial charge in [0, 0.05) is 32.4 Å². The van der Waals surface area contributed by atoms with Gasteiger partial charge < -0.3 is 25.4 Å². The number of amides is 3. The molecule has 0 aromatic heterocycles. The molecule has 3 amide bonds. The van der Waals surface area contributed by atoms with E-state index in [0.29, 0.717) is 35.2 Å². The lowest BCUT2D eigenvalue weighted by Gasteiger charge is -2.32. The smallest absolute Gasteiger partial charge is 0.408 e. The van der Waals surface area contributed by atoms with E-state index in [2.05, 4.69) is 15.5 Å². The summed E-state index contributed by atoms with van der Waals surface area (Å²) in [7, 11) is 1.75. The Kier molecular flexibility index (Phi) is 11.7. The van der Waals surface area contributed by atoms with Crippen LogP contribution in [0.4, 0.5) is 10.5 Å². The number of nitrogens with zero attached hydrogens (tertiary/aromatic N) is 2. The molecule has 42 heavy (non-hydrogen) atoms. The highest BCUT2D eigenvalue weighted by atomic mass is 35.5. The largest absolute Gasteiger partial charge is 0.444 e. The first-order valence-electron chi connectivity index (χ1n) is 14.1. The van der Waals surface area contributed by atoms with Gasteiger partial charge in [-0.15, -0.1) is 0 Å². The Labute approximate surface area is 258 Å². The molecule has 230 valence electrons. The van der Waals surface area contributed by atoms with Gasteiger partial charge in [0.05, 0.1) is 28.6 Å². The highest BCUT2D eigenvalue weighted by molar-refractivity contribution is 6.42. The summed E-state index contributed by atoms with van der Waals surface area (Å²) >= 11 is 12.2. The van der Waals surface area contributed by atoms with Crippen LogP contribution in [0.5, 0.6) is 0 Å². The minimum absolute atomic E-state index is 0.117. The molecule has 0 radical (unpaired) electrons. The molecule has 1 aliphatic heterocycles. The van der Waals surface area contributed by atoms with Crippen LogP contribution < -0.4 is 10.6 Å². The first-order chi connectivity index (χ1) is 19.6. The molecule has 9 nitrogen and oxygen atoms in total. The molecule has 3 atom stereocenters. The van der Waals surface area contributed by atoms with Gasteiger partial charge in [0.1, 0.15) is 11.6 Å². The molecule has 0 saturated carbocycles. The quantitative estimate of drug-likeness (QED) is 0.333. The average molecular weight is 622 g/mol. The Balaban J connectivity index is 1.81. The molecule has 0 aliphatic carbocycles. The molecule has 3 N–H and O–H groups in total. The summed E-state index contributed by atoms with van der Waals surface area (Å²) in [6, 6.07) is 11.3. The number of carbonyl (C=O) groups is 3. The maximum Gasteiger partial charge on any atom is 0.408 e. The standard InChI is InChI=1S/C31H42Cl2N4O5/c1-19(2)28(35-30(41)42-31(3,4)5)29(40)34-22-9-7-8-21(16-22)26(18-37-13-12-23(38)17-37)36(6)27(39)15-20-10-11-24(32)25(33)14-20/h7-11,14,16,19,23,26,28,38H,12-13,15,17-18H2,1-6H3,(H,34,40)(H,35,41). The van der Waals surface area contributed by atoms with E-state index in [4.69, 9.17) is 27.9 Å². The highest BCUT2D eigenvalue weighted by Gasteiger charge is 2.30. The zero-order valence-corrected chi connectivity index (χ0v) is 26.6. The number of carbonyl (C=O) groups excluding carboxylic acids is 3. The lowest BCUT2D eigenvalue weighted by molar-refractivity contribution is -0.131. The van der Waals surface area contributed by atoms with Gasteiger partial charge in [0.2, 0.25) is 11.8 Å². The van der Waals surface area contributed by atoms with Crippen LogP contribution in [-0.4, -0.2) is 77.2 Å². The van der Waals surface area contributed by atoms with Gasteiger partial charge in [-0.3, -0.25) is 14.5 Å². The molecule has 1 saturated heterocycles. The second-order valence-corrected chi connectivity index (χ2v) is 12.9. The van der Waals surface area contributed by atoms with Crippen LogP contribution in [0.15, 0.2) is 42.5 Å². The third-order valence-electron chi connectivity index (χ3n) is 7.04. The number of benzene rings is 2. The molecule has 1 fully saturated rings. The predicted octanol–water partition coefficient (Wildman–Crippen LogP) is 5.29. The minimum Gasteiger partial charge on any atom is -0.444 e. The van der Waals surface area contributed by atoms with Crippen LogP contribution in [0.1, 0.15) is 58.2 Å². The summed E-state index contributed by atoms with van der Waals surface area (Å²) in [5, 5.41) is 16.5. The predicted molar refractivity (Wildman–Crippen MR) is 166 cm³/mol. The first kappa shape index (κ1) is 33.6. The van der Waals surface area contributed by atoms with E-state index < -0.39 is 23.8 Å². The maximum atomic E-state index is 13.5. The summed E-state index contributed by atoms with van der Waals surface area (Å²) in [5.74, 6) is -0.689. The molecule has 2 aromatic rings. The van der Waals surface area contributed by atoms with Crippen molar-refractivity contribution in [2.75, 3.05) is 32.0 Å². The maximum absolute atomic E-state index is 13.5. The third kappa shape index (κ3) is 9.87. The molecule has 1 aliphatic rings. The van der Waals surface area contributed by atoms with Gasteiger partial charge >= 0.3 is 6.09 Å². The van der Waals surface area contributed by atoms with Gasteiger partial charge in [0.25, 0.3) is 0 Å². The summed E-state index contributed by atoms with van der Waals surface area (Å²) in [4.78, 5) is 42.9. The summed E-state index contributed by atoms with van der Waals surface area (Å²) < 4.78 is 5.34. The SMILES string of the molecule is CC(C)C(NC(=O)OC(C)(C)C)C(=O)Nc1cccc(C(CN2CCC(O)C2)N(C)C(=O)Cc2ccc(Cl)c(Cl)c2)c1. The average Bonchev–Trinajstić information content (AvgIpc) is 3.31. The zero-order chi connectivity index (χ0) is 31.2. The van der Waals surface area contributed by atoms with E-state index in [1.165, 1.54) is 0 Å². The van der Waals surface area contributed by atoms with E-state index >= 15 is 0 Å². The van der Waals surface area contributed by atoms with Crippen LogP contribution in [-0.2, 0) is 20.7 Å². The summed E-state index contributed by atoms with van der Waals surface area (Å²) in [6.07, 6.45) is -0.264. The van der Waals surface area contributed by atoms with E-state index in [-0.39, 0.29) is 30.2 Å². The van der Waals surface area contributed by atoms with E-state index in [1.54, 1.807) is 57.0 Å².